The van der Waals surface area contributed by atoms with Gasteiger partial charge in [-0.05, 0) is 24.7 Å². The first-order valence-corrected chi connectivity index (χ1v) is 11.1. The van der Waals surface area contributed by atoms with E-state index in [0.29, 0.717) is 25.1 Å². The molecule has 0 aromatic heterocycles. The molecule has 0 unspecified atom stereocenters. The second-order valence-corrected chi connectivity index (χ2v) is 8.93. The predicted octanol–water partition coefficient (Wildman–Crippen LogP) is 2.37. The van der Waals surface area contributed by atoms with Gasteiger partial charge in [0.05, 0.1) is 24.2 Å². The first-order chi connectivity index (χ1) is 13.0. The monoisotopic (exact) mass is 417 g/mol. The smallest absolute Gasteiger partial charge is 0.216 e. The number of nitrogens with one attached hydrogen (secondary N) is 1. The summed E-state index contributed by atoms with van der Waals surface area (Å²) in [5.41, 5.74) is 0. The van der Waals surface area contributed by atoms with Crippen molar-refractivity contribution in [3.8, 4) is 0 Å². The molecule has 0 rings (SSSR count). The van der Waals surface area contributed by atoms with E-state index in [1.54, 1.807) is 13.0 Å². The zero-order valence-corrected chi connectivity index (χ0v) is 18.9. The number of hydrogen-bond acceptors (Lipinski definition) is 6. The predicted molar refractivity (Wildman–Crippen MR) is 115 cm³/mol. The van der Waals surface area contributed by atoms with E-state index >= 15 is 0 Å². The molecule has 1 amide bonds. The summed E-state index contributed by atoms with van der Waals surface area (Å²) in [4.78, 5) is 23.1. The molecule has 0 bridgehead atoms. The molecule has 7 heteroatoms. The van der Waals surface area contributed by atoms with Crippen LogP contribution in [0.1, 0.15) is 54.4 Å². The Kier molecular flexibility index (Phi) is 13.7. The van der Waals surface area contributed by atoms with E-state index < -0.39 is 24.2 Å². The van der Waals surface area contributed by atoms with Crippen molar-refractivity contribution in [3.05, 3.63) is 12.2 Å². The molecule has 164 valence electrons. The quantitative estimate of drug-likeness (QED) is 0.271. The number of carbonyl (C=O) groups excluding carboxylic acids is 2. The van der Waals surface area contributed by atoms with Crippen LogP contribution < -0.4 is 5.32 Å². The average molecular weight is 418 g/mol. The van der Waals surface area contributed by atoms with Gasteiger partial charge < -0.3 is 20.6 Å². The van der Waals surface area contributed by atoms with Crippen LogP contribution >= 0.6 is 11.8 Å². The van der Waals surface area contributed by atoms with E-state index in [-0.39, 0.29) is 28.8 Å². The van der Waals surface area contributed by atoms with E-state index in [1.807, 2.05) is 33.8 Å². The number of rotatable bonds is 13. The number of carbonyl (C=O) groups is 2. The molecule has 28 heavy (non-hydrogen) atoms. The van der Waals surface area contributed by atoms with Gasteiger partial charge in [0, 0.05) is 25.1 Å². The molecule has 0 fully saturated rings. The van der Waals surface area contributed by atoms with E-state index in [0.717, 1.165) is 11.8 Å². The zero-order valence-electron chi connectivity index (χ0n) is 18.1. The van der Waals surface area contributed by atoms with Gasteiger partial charge >= 0.3 is 0 Å². The lowest BCUT2D eigenvalue weighted by molar-refractivity contribution is -0.119. The van der Waals surface area contributed by atoms with Crippen molar-refractivity contribution >= 4 is 22.8 Å². The fourth-order valence-electron chi connectivity index (χ4n) is 2.99. The molecule has 0 spiro atoms. The van der Waals surface area contributed by atoms with Crippen LogP contribution in [0.2, 0.25) is 0 Å². The summed E-state index contributed by atoms with van der Waals surface area (Å²) >= 11 is 1.12. The van der Waals surface area contributed by atoms with Crippen molar-refractivity contribution in [1.29, 1.82) is 0 Å². The van der Waals surface area contributed by atoms with Crippen LogP contribution in [0.4, 0.5) is 0 Å². The Morgan fingerprint density at radius 3 is 2.18 bits per heavy atom. The molecule has 0 saturated heterocycles. The van der Waals surface area contributed by atoms with Crippen LogP contribution in [0.15, 0.2) is 12.2 Å². The molecule has 4 N–H and O–H groups in total. The van der Waals surface area contributed by atoms with Gasteiger partial charge in [0.1, 0.15) is 0 Å². The minimum absolute atomic E-state index is 0.0259. The minimum Gasteiger partial charge on any atom is -0.393 e. The molecule has 0 radical (unpaired) electrons. The number of hydrogen-bond donors (Lipinski definition) is 4. The van der Waals surface area contributed by atoms with Gasteiger partial charge in [-0.3, -0.25) is 9.59 Å². The average Bonchev–Trinajstić information content (AvgIpc) is 2.66. The molecule has 0 heterocycles. The molecule has 0 aliphatic heterocycles. The van der Waals surface area contributed by atoms with E-state index in [4.69, 9.17) is 0 Å². The van der Waals surface area contributed by atoms with Crippen LogP contribution in [0.5, 0.6) is 0 Å². The van der Waals surface area contributed by atoms with E-state index in [2.05, 4.69) is 5.32 Å². The normalized spacial score (nSPS) is 19.5. The number of aliphatic hydroxyl groups excluding tert-OH is 3. The SMILES string of the molecule is CC[C@@H](O)[C@H](C)C=C[C@@H](O)[C@H](C)C[C@H](C)[C@H](O)[C@@H](C)C(=O)SCCNC(C)=O. The number of amides is 1. The molecule has 7 atom stereocenters. The van der Waals surface area contributed by atoms with Crippen LogP contribution in [0.25, 0.3) is 0 Å². The first kappa shape index (κ1) is 27.1. The Labute approximate surface area is 174 Å². The highest BCUT2D eigenvalue weighted by atomic mass is 32.2. The number of thioether (sulfide) groups is 1. The lowest BCUT2D eigenvalue weighted by Crippen LogP contribution is -2.33. The summed E-state index contributed by atoms with van der Waals surface area (Å²) in [5, 5.41) is 33.2. The maximum absolute atomic E-state index is 12.2. The van der Waals surface area contributed by atoms with E-state index in [9.17, 15) is 24.9 Å². The van der Waals surface area contributed by atoms with Crippen LogP contribution in [0, 0.1) is 23.7 Å². The third-order valence-corrected chi connectivity index (χ3v) is 6.22. The standard InChI is InChI=1S/C21H39NO5S/c1-7-18(24)13(2)8-9-19(25)14(3)12-15(4)20(26)16(5)21(27)28-11-10-22-17(6)23/h8-9,13-16,18-20,24-26H,7,10-12H2,1-6H3,(H,22,23)/t13-,14-,15+,16-,18-,19-,20+/m1/s1. The summed E-state index contributed by atoms with van der Waals surface area (Å²) < 4.78 is 0. The maximum Gasteiger partial charge on any atom is 0.216 e. The highest BCUT2D eigenvalue weighted by Gasteiger charge is 2.29. The third kappa shape index (κ3) is 10.6. The van der Waals surface area contributed by atoms with E-state index in [1.165, 1.54) is 6.92 Å². The molecule has 6 nitrogen and oxygen atoms in total. The van der Waals surface area contributed by atoms with Crippen molar-refractivity contribution in [2.45, 2.75) is 72.7 Å². The summed E-state index contributed by atoms with van der Waals surface area (Å²) in [5.74, 6) is -0.423. The van der Waals surface area contributed by atoms with Gasteiger partial charge in [0.2, 0.25) is 5.91 Å². The van der Waals surface area contributed by atoms with Crippen molar-refractivity contribution < 1.29 is 24.9 Å². The van der Waals surface area contributed by atoms with Gasteiger partial charge in [-0.25, -0.2) is 0 Å². The largest absolute Gasteiger partial charge is 0.393 e. The Bertz CT molecular complexity index is 499. The fourth-order valence-corrected chi connectivity index (χ4v) is 3.79. The van der Waals surface area contributed by atoms with Gasteiger partial charge in [-0.15, -0.1) is 0 Å². The fraction of sp³-hybridized carbons (Fsp3) is 0.810. The zero-order chi connectivity index (χ0) is 21.9. The molecular weight excluding hydrogens is 378 g/mol. The highest BCUT2D eigenvalue weighted by Crippen LogP contribution is 2.26. The first-order valence-electron chi connectivity index (χ1n) is 10.1. The summed E-state index contributed by atoms with van der Waals surface area (Å²) in [6.45, 7) is 11.2. The van der Waals surface area contributed by atoms with Gasteiger partial charge in [0.15, 0.2) is 5.12 Å². The Morgan fingerprint density at radius 1 is 1.04 bits per heavy atom. The summed E-state index contributed by atoms with van der Waals surface area (Å²) in [6, 6.07) is 0. The lowest BCUT2D eigenvalue weighted by atomic mass is 9.85. The third-order valence-electron chi connectivity index (χ3n) is 5.15. The van der Waals surface area contributed by atoms with Gasteiger partial charge in [0.25, 0.3) is 0 Å². The van der Waals surface area contributed by atoms with Crippen LogP contribution in [-0.4, -0.2) is 57.0 Å². The molecular formula is C21H39NO5S. The molecule has 0 saturated carbocycles. The molecule has 0 aliphatic rings. The topological polar surface area (TPSA) is 107 Å². The van der Waals surface area contributed by atoms with Crippen molar-refractivity contribution in [1.82, 2.24) is 5.32 Å². The second kappa shape index (κ2) is 14.1. The van der Waals surface area contributed by atoms with Gasteiger partial charge in [-0.2, -0.15) is 0 Å². The minimum atomic E-state index is -0.791. The van der Waals surface area contributed by atoms with Crippen molar-refractivity contribution in [2.24, 2.45) is 23.7 Å². The van der Waals surface area contributed by atoms with Crippen molar-refractivity contribution in [2.75, 3.05) is 12.3 Å². The Morgan fingerprint density at radius 2 is 1.64 bits per heavy atom. The molecule has 0 aromatic rings. The summed E-state index contributed by atoms with van der Waals surface area (Å²) in [7, 11) is 0. The lowest BCUT2D eigenvalue weighted by Gasteiger charge is -2.27. The molecule has 0 aliphatic carbocycles. The summed E-state index contributed by atoms with van der Waals surface area (Å²) in [6.07, 6.45) is 2.89. The Hall–Kier alpha value is -0.890. The van der Waals surface area contributed by atoms with Crippen molar-refractivity contribution in [3.63, 3.8) is 0 Å². The second-order valence-electron chi connectivity index (χ2n) is 7.83. The van der Waals surface area contributed by atoms with Crippen LogP contribution in [-0.2, 0) is 9.59 Å². The Balaban J connectivity index is 4.49. The van der Waals surface area contributed by atoms with Crippen LogP contribution in [0.3, 0.4) is 0 Å². The maximum atomic E-state index is 12.2. The molecule has 0 aromatic carbocycles. The highest BCUT2D eigenvalue weighted by molar-refractivity contribution is 8.13. The number of aliphatic hydroxyl groups is 3. The van der Waals surface area contributed by atoms with Gasteiger partial charge in [-0.1, -0.05) is 58.5 Å².